The number of hydrogen-bond acceptors (Lipinski definition) is 8. The summed E-state index contributed by atoms with van der Waals surface area (Å²) in [6.07, 6.45) is 0.990. The lowest BCUT2D eigenvalue weighted by Gasteiger charge is -2.34. The highest BCUT2D eigenvalue weighted by Crippen LogP contribution is 2.19. The van der Waals surface area contributed by atoms with E-state index in [9.17, 15) is 37.3 Å². The van der Waals surface area contributed by atoms with Crippen LogP contribution < -0.4 is 5.56 Å². The normalized spacial score (nSPS) is 14.7. The number of rotatable bonds is 6. The van der Waals surface area contributed by atoms with E-state index >= 15 is 0 Å². The highest BCUT2D eigenvalue weighted by molar-refractivity contribution is 7.89. The van der Waals surface area contributed by atoms with Crippen LogP contribution in [0.15, 0.2) is 46.2 Å². The van der Waals surface area contributed by atoms with E-state index in [1.54, 1.807) is 0 Å². The Labute approximate surface area is 187 Å². The van der Waals surface area contributed by atoms with Gasteiger partial charge >= 0.3 is 17.2 Å². The molecule has 2 aromatic rings. The van der Waals surface area contributed by atoms with Crippen molar-refractivity contribution in [2.75, 3.05) is 33.3 Å². The van der Waals surface area contributed by atoms with E-state index in [2.05, 4.69) is 4.74 Å². The highest BCUT2D eigenvalue weighted by atomic mass is 32.2. The van der Waals surface area contributed by atoms with Crippen molar-refractivity contribution in [3.05, 3.63) is 68.4 Å². The van der Waals surface area contributed by atoms with Crippen LogP contribution in [0.5, 0.6) is 0 Å². The van der Waals surface area contributed by atoms with Gasteiger partial charge in [-0.2, -0.15) is 4.31 Å². The Morgan fingerprint density at radius 1 is 1.18 bits per heavy atom. The third kappa shape index (κ3) is 5.06. The first-order chi connectivity index (χ1) is 15.5. The molecular formula is C19H19FN4O8S. The van der Waals surface area contributed by atoms with Crippen LogP contribution in [0, 0.1) is 15.9 Å². The summed E-state index contributed by atoms with van der Waals surface area (Å²) in [7, 11) is -2.90. The van der Waals surface area contributed by atoms with Gasteiger partial charge in [0.25, 0.3) is 0 Å². The van der Waals surface area contributed by atoms with E-state index in [0.29, 0.717) is 0 Å². The van der Waals surface area contributed by atoms with Gasteiger partial charge in [0, 0.05) is 38.4 Å². The minimum Gasteiger partial charge on any atom is -0.465 e. The molecule has 0 atom stereocenters. The summed E-state index contributed by atoms with van der Waals surface area (Å²) in [5.74, 6) is -2.22. The van der Waals surface area contributed by atoms with Crippen LogP contribution in [0.1, 0.15) is 10.4 Å². The summed E-state index contributed by atoms with van der Waals surface area (Å²) < 4.78 is 45.2. The summed E-state index contributed by atoms with van der Waals surface area (Å²) in [5.41, 5.74) is -2.24. The molecule has 1 amide bonds. The van der Waals surface area contributed by atoms with Gasteiger partial charge in [-0.15, -0.1) is 0 Å². The lowest BCUT2D eigenvalue weighted by Crippen LogP contribution is -2.51. The van der Waals surface area contributed by atoms with Gasteiger partial charge in [0.2, 0.25) is 15.9 Å². The van der Waals surface area contributed by atoms with E-state index in [-0.39, 0.29) is 36.6 Å². The zero-order chi connectivity index (χ0) is 24.3. The number of hydrogen-bond donors (Lipinski definition) is 0. The van der Waals surface area contributed by atoms with Crippen molar-refractivity contribution in [1.82, 2.24) is 13.8 Å². The average molecular weight is 482 g/mol. The van der Waals surface area contributed by atoms with Crippen molar-refractivity contribution in [3.8, 4) is 0 Å². The molecule has 0 spiro atoms. The molecule has 3 rings (SSSR count). The topological polar surface area (TPSA) is 149 Å². The molecule has 0 saturated carbocycles. The molecule has 1 aromatic carbocycles. The van der Waals surface area contributed by atoms with Crippen LogP contribution in [-0.2, 0) is 26.1 Å². The SMILES string of the molecule is COC(=O)c1cc([N+](=O)[O-])c(=O)n(CC(=O)N2CCN(S(=O)(=O)c3cccc(F)c3)CC2)c1. The predicted molar refractivity (Wildman–Crippen MR) is 110 cm³/mol. The van der Waals surface area contributed by atoms with Crippen molar-refractivity contribution in [2.24, 2.45) is 0 Å². The Morgan fingerprint density at radius 3 is 2.42 bits per heavy atom. The van der Waals surface area contributed by atoms with Crippen LogP contribution >= 0.6 is 0 Å². The molecule has 1 aliphatic heterocycles. The van der Waals surface area contributed by atoms with Gasteiger partial charge in [-0.25, -0.2) is 17.6 Å². The Bertz CT molecular complexity index is 1270. The largest absolute Gasteiger partial charge is 0.465 e. The number of carbonyl (C=O) groups excluding carboxylic acids is 2. The molecule has 0 radical (unpaired) electrons. The zero-order valence-corrected chi connectivity index (χ0v) is 18.2. The molecule has 1 aliphatic rings. The first-order valence-corrected chi connectivity index (χ1v) is 11.0. The number of sulfonamides is 1. The van der Waals surface area contributed by atoms with Gasteiger partial charge in [-0.3, -0.25) is 24.3 Å². The maximum atomic E-state index is 13.4. The van der Waals surface area contributed by atoms with E-state index in [1.807, 2.05) is 0 Å². The van der Waals surface area contributed by atoms with Crippen LogP contribution in [0.4, 0.5) is 10.1 Å². The maximum Gasteiger partial charge on any atom is 0.339 e. The Hall–Kier alpha value is -3.65. The smallest absolute Gasteiger partial charge is 0.339 e. The summed E-state index contributed by atoms with van der Waals surface area (Å²) >= 11 is 0. The summed E-state index contributed by atoms with van der Waals surface area (Å²) in [6.45, 7) is -0.757. The number of esters is 1. The van der Waals surface area contributed by atoms with E-state index in [4.69, 9.17) is 0 Å². The second-order valence-electron chi connectivity index (χ2n) is 7.04. The van der Waals surface area contributed by atoms with Crippen molar-refractivity contribution in [2.45, 2.75) is 11.4 Å². The maximum absolute atomic E-state index is 13.4. The van der Waals surface area contributed by atoms with Gasteiger partial charge < -0.3 is 9.64 Å². The third-order valence-corrected chi connectivity index (χ3v) is 6.91. The van der Waals surface area contributed by atoms with E-state index < -0.39 is 50.4 Å². The Morgan fingerprint density at radius 2 is 1.85 bits per heavy atom. The lowest BCUT2D eigenvalue weighted by molar-refractivity contribution is -0.386. The summed E-state index contributed by atoms with van der Waals surface area (Å²) in [4.78, 5) is 48.1. The third-order valence-electron chi connectivity index (χ3n) is 5.02. The number of piperazine rings is 1. The number of halogens is 1. The number of carbonyl (C=O) groups is 2. The Balaban J connectivity index is 1.74. The number of pyridine rings is 1. The molecule has 176 valence electrons. The van der Waals surface area contributed by atoms with E-state index in [1.165, 1.54) is 17.0 Å². The van der Waals surface area contributed by atoms with Gasteiger partial charge in [0.05, 0.1) is 22.5 Å². The van der Waals surface area contributed by atoms with Gasteiger partial charge in [0.15, 0.2) is 0 Å². The molecule has 33 heavy (non-hydrogen) atoms. The zero-order valence-electron chi connectivity index (χ0n) is 17.3. The van der Waals surface area contributed by atoms with Gasteiger partial charge in [0.1, 0.15) is 12.4 Å². The molecular weight excluding hydrogens is 463 g/mol. The number of methoxy groups -OCH3 is 1. The first-order valence-electron chi connectivity index (χ1n) is 9.55. The quantitative estimate of drug-likeness (QED) is 0.322. The first kappa shape index (κ1) is 24.0. The number of aromatic nitrogens is 1. The molecule has 0 N–H and O–H groups in total. The van der Waals surface area contributed by atoms with Crippen molar-refractivity contribution in [3.63, 3.8) is 0 Å². The lowest BCUT2D eigenvalue weighted by atomic mass is 10.2. The van der Waals surface area contributed by atoms with Crippen molar-refractivity contribution < 1.29 is 32.1 Å². The molecule has 1 aromatic heterocycles. The molecule has 14 heteroatoms. The average Bonchev–Trinajstić information content (AvgIpc) is 2.79. The molecule has 1 fully saturated rings. The van der Waals surface area contributed by atoms with Gasteiger partial charge in [-0.1, -0.05) is 6.07 Å². The van der Waals surface area contributed by atoms with E-state index in [0.717, 1.165) is 40.4 Å². The molecule has 2 heterocycles. The summed E-state index contributed by atoms with van der Waals surface area (Å²) in [6, 6.07) is 5.34. The molecule has 12 nitrogen and oxygen atoms in total. The van der Waals surface area contributed by atoms with Crippen LogP contribution in [0.25, 0.3) is 0 Å². The number of amides is 1. The Kier molecular flexibility index (Phi) is 6.88. The summed E-state index contributed by atoms with van der Waals surface area (Å²) in [5, 5.41) is 11.2. The number of nitrogens with zero attached hydrogens (tertiary/aromatic N) is 4. The van der Waals surface area contributed by atoms with Crippen molar-refractivity contribution >= 4 is 27.6 Å². The molecule has 1 saturated heterocycles. The monoisotopic (exact) mass is 482 g/mol. The fourth-order valence-electron chi connectivity index (χ4n) is 3.30. The second kappa shape index (κ2) is 9.46. The van der Waals surface area contributed by atoms with Crippen LogP contribution in [0.3, 0.4) is 0 Å². The fourth-order valence-corrected chi connectivity index (χ4v) is 4.75. The van der Waals surface area contributed by atoms with Crippen LogP contribution in [0.2, 0.25) is 0 Å². The molecule has 0 bridgehead atoms. The predicted octanol–water partition coefficient (Wildman–Crippen LogP) is 0.215. The minimum absolute atomic E-state index is 0.0130. The van der Waals surface area contributed by atoms with Crippen LogP contribution in [-0.4, -0.2) is 72.3 Å². The number of nitro groups is 1. The van der Waals surface area contributed by atoms with Crippen molar-refractivity contribution in [1.29, 1.82) is 0 Å². The molecule has 0 unspecified atom stereocenters. The second-order valence-corrected chi connectivity index (χ2v) is 8.98. The number of benzene rings is 1. The highest BCUT2D eigenvalue weighted by Gasteiger charge is 2.31. The molecule has 0 aliphatic carbocycles. The van der Waals surface area contributed by atoms with Gasteiger partial charge in [-0.05, 0) is 18.2 Å². The standard InChI is InChI=1S/C19H19FN4O8S/c1-32-19(27)13-9-16(24(28)29)18(26)22(11-13)12-17(25)21-5-7-23(8-6-21)33(30,31)15-4-2-3-14(20)10-15/h2-4,9-11H,5-8,12H2,1H3. The fraction of sp³-hybridized carbons (Fsp3) is 0.316. The number of ether oxygens (including phenoxy) is 1. The minimum atomic E-state index is -3.96.